The first kappa shape index (κ1) is 11.3. The Kier molecular flexibility index (Phi) is 4.68. The highest BCUT2D eigenvalue weighted by molar-refractivity contribution is 5.20. The molecular weight excluding hydrogens is 172 g/mol. The molecule has 0 amide bonds. The van der Waals surface area contributed by atoms with Gasteiger partial charge in [0.15, 0.2) is 0 Å². The Labute approximate surface area is 86.8 Å². The van der Waals surface area contributed by atoms with Crippen molar-refractivity contribution < 1.29 is 5.11 Å². The van der Waals surface area contributed by atoms with Crippen LogP contribution in [-0.4, -0.2) is 11.7 Å². The molecule has 1 atom stereocenters. The van der Waals surface area contributed by atoms with E-state index in [4.69, 9.17) is 0 Å². The summed E-state index contributed by atoms with van der Waals surface area (Å²) >= 11 is 0. The normalized spacial score (nSPS) is 13.1. The molecule has 0 aliphatic heterocycles. The first-order valence-corrected chi connectivity index (χ1v) is 5.49. The van der Waals surface area contributed by atoms with Gasteiger partial charge >= 0.3 is 0 Å². The van der Waals surface area contributed by atoms with E-state index in [-0.39, 0.29) is 6.61 Å². The van der Waals surface area contributed by atoms with Gasteiger partial charge in [-0.3, -0.25) is 0 Å². The van der Waals surface area contributed by atoms with Gasteiger partial charge in [-0.2, -0.15) is 0 Å². The zero-order valence-electron chi connectivity index (χ0n) is 9.11. The zero-order chi connectivity index (χ0) is 10.4. The lowest BCUT2D eigenvalue weighted by atomic mass is 9.83. The molecule has 1 N–H and O–H groups in total. The van der Waals surface area contributed by atoms with Gasteiger partial charge in [0, 0.05) is 5.92 Å². The molecule has 0 radical (unpaired) electrons. The summed E-state index contributed by atoms with van der Waals surface area (Å²) in [4.78, 5) is 0. The molecule has 0 saturated carbocycles. The van der Waals surface area contributed by atoms with Crippen LogP contribution in [0.2, 0.25) is 0 Å². The maximum Gasteiger partial charge on any atom is 0.0502 e. The van der Waals surface area contributed by atoms with Crippen LogP contribution >= 0.6 is 0 Å². The summed E-state index contributed by atoms with van der Waals surface area (Å²) in [5.74, 6) is 0.911. The van der Waals surface area contributed by atoms with Crippen molar-refractivity contribution >= 4 is 0 Å². The second kappa shape index (κ2) is 5.82. The summed E-state index contributed by atoms with van der Waals surface area (Å²) < 4.78 is 0. The van der Waals surface area contributed by atoms with E-state index >= 15 is 0 Å². The smallest absolute Gasteiger partial charge is 0.0502 e. The van der Waals surface area contributed by atoms with Crippen LogP contribution < -0.4 is 0 Å². The van der Waals surface area contributed by atoms with Crippen molar-refractivity contribution in [2.45, 2.75) is 32.6 Å². The molecule has 0 aliphatic carbocycles. The molecule has 0 aliphatic rings. The first-order valence-electron chi connectivity index (χ1n) is 5.49. The fraction of sp³-hybridized carbons (Fsp3) is 0.538. The lowest BCUT2D eigenvalue weighted by molar-refractivity contribution is 0.218. The average Bonchev–Trinajstić information content (AvgIpc) is 2.27. The summed E-state index contributed by atoms with van der Waals surface area (Å²) in [6.45, 7) is 4.65. The van der Waals surface area contributed by atoms with Crippen molar-refractivity contribution in [1.82, 2.24) is 0 Å². The third-order valence-corrected chi connectivity index (χ3v) is 3.04. The number of aliphatic hydroxyl groups is 1. The minimum absolute atomic E-state index is 0.260. The van der Waals surface area contributed by atoms with Crippen LogP contribution in [0, 0.1) is 5.92 Å². The molecule has 1 aromatic carbocycles. The van der Waals surface area contributed by atoms with Gasteiger partial charge in [0.05, 0.1) is 6.61 Å². The molecule has 78 valence electrons. The minimum Gasteiger partial charge on any atom is -0.396 e. The summed E-state index contributed by atoms with van der Waals surface area (Å²) in [5, 5.41) is 9.41. The van der Waals surface area contributed by atoms with Crippen LogP contribution in [0.1, 0.15) is 38.2 Å². The Morgan fingerprint density at radius 1 is 1.07 bits per heavy atom. The molecule has 1 heteroatoms. The number of aliphatic hydroxyl groups excluding tert-OH is 1. The van der Waals surface area contributed by atoms with Gasteiger partial charge in [-0.1, -0.05) is 57.0 Å². The number of benzene rings is 1. The molecule has 1 aromatic rings. The van der Waals surface area contributed by atoms with Gasteiger partial charge < -0.3 is 5.11 Å². The Morgan fingerprint density at radius 3 is 2.07 bits per heavy atom. The van der Waals surface area contributed by atoms with E-state index < -0.39 is 0 Å². The van der Waals surface area contributed by atoms with E-state index in [9.17, 15) is 5.11 Å². The van der Waals surface area contributed by atoms with E-state index in [1.165, 1.54) is 5.56 Å². The topological polar surface area (TPSA) is 20.2 Å². The Balaban J connectivity index is 2.81. The van der Waals surface area contributed by atoms with Crippen molar-refractivity contribution in [1.29, 1.82) is 0 Å². The monoisotopic (exact) mass is 192 g/mol. The Morgan fingerprint density at radius 2 is 1.64 bits per heavy atom. The highest BCUT2D eigenvalue weighted by Crippen LogP contribution is 2.28. The maximum absolute atomic E-state index is 9.41. The minimum atomic E-state index is 0.260. The van der Waals surface area contributed by atoms with Crippen molar-refractivity contribution in [2.75, 3.05) is 6.61 Å². The van der Waals surface area contributed by atoms with Crippen LogP contribution in [0.4, 0.5) is 0 Å². The quantitative estimate of drug-likeness (QED) is 0.759. The van der Waals surface area contributed by atoms with E-state index in [1.807, 2.05) is 18.2 Å². The average molecular weight is 192 g/mol. The van der Waals surface area contributed by atoms with Crippen molar-refractivity contribution in [3.05, 3.63) is 35.9 Å². The molecule has 0 spiro atoms. The SMILES string of the molecule is CCC(CC)[C@@H](CO)c1ccccc1. The largest absolute Gasteiger partial charge is 0.396 e. The van der Waals surface area contributed by atoms with Crippen molar-refractivity contribution in [3.8, 4) is 0 Å². The Hall–Kier alpha value is -0.820. The fourth-order valence-corrected chi connectivity index (χ4v) is 2.08. The molecule has 0 saturated heterocycles. The van der Waals surface area contributed by atoms with Gasteiger partial charge in [0.1, 0.15) is 0 Å². The highest BCUT2D eigenvalue weighted by Gasteiger charge is 2.18. The molecule has 0 fully saturated rings. The van der Waals surface area contributed by atoms with Crippen LogP contribution in [0.15, 0.2) is 30.3 Å². The van der Waals surface area contributed by atoms with Crippen LogP contribution in [-0.2, 0) is 0 Å². The van der Waals surface area contributed by atoms with Crippen LogP contribution in [0.3, 0.4) is 0 Å². The van der Waals surface area contributed by atoms with E-state index in [1.54, 1.807) is 0 Å². The molecule has 0 unspecified atom stereocenters. The fourth-order valence-electron chi connectivity index (χ4n) is 2.08. The highest BCUT2D eigenvalue weighted by atomic mass is 16.3. The van der Waals surface area contributed by atoms with E-state index in [0.717, 1.165) is 12.8 Å². The third-order valence-electron chi connectivity index (χ3n) is 3.04. The predicted molar refractivity (Wildman–Crippen MR) is 60.3 cm³/mol. The summed E-state index contributed by atoms with van der Waals surface area (Å²) in [5.41, 5.74) is 1.27. The molecule has 0 heterocycles. The maximum atomic E-state index is 9.41. The van der Waals surface area contributed by atoms with Gasteiger partial charge in [-0.25, -0.2) is 0 Å². The van der Waals surface area contributed by atoms with Crippen molar-refractivity contribution in [2.24, 2.45) is 5.92 Å². The zero-order valence-corrected chi connectivity index (χ0v) is 9.11. The van der Waals surface area contributed by atoms with E-state index in [2.05, 4.69) is 26.0 Å². The summed E-state index contributed by atoms with van der Waals surface area (Å²) in [7, 11) is 0. The number of hydrogen-bond acceptors (Lipinski definition) is 1. The molecule has 14 heavy (non-hydrogen) atoms. The molecule has 1 rings (SSSR count). The Bertz CT molecular complexity index is 239. The third kappa shape index (κ3) is 2.58. The summed E-state index contributed by atoms with van der Waals surface area (Å²) in [6, 6.07) is 10.3. The lowest BCUT2D eigenvalue weighted by Gasteiger charge is -2.23. The van der Waals surface area contributed by atoms with Gasteiger partial charge in [0.25, 0.3) is 0 Å². The second-order valence-electron chi connectivity index (χ2n) is 3.78. The van der Waals surface area contributed by atoms with Crippen LogP contribution in [0.25, 0.3) is 0 Å². The summed E-state index contributed by atoms with van der Waals surface area (Å²) in [6.07, 6.45) is 2.27. The predicted octanol–water partition coefficient (Wildman–Crippen LogP) is 3.20. The van der Waals surface area contributed by atoms with Gasteiger partial charge in [0.2, 0.25) is 0 Å². The lowest BCUT2D eigenvalue weighted by Crippen LogP contribution is -2.15. The van der Waals surface area contributed by atoms with Gasteiger partial charge in [-0.05, 0) is 11.5 Å². The molecule has 1 nitrogen and oxygen atoms in total. The van der Waals surface area contributed by atoms with E-state index in [0.29, 0.717) is 11.8 Å². The van der Waals surface area contributed by atoms with Crippen molar-refractivity contribution in [3.63, 3.8) is 0 Å². The number of rotatable bonds is 5. The van der Waals surface area contributed by atoms with Crippen LogP contribution in [0.5, 0.6) is 0 Å². The molecule has 0 bridgehead atoms. The molecular formula is C13H20O. The molecule has 0 aromatic heterocycles. The number of hydrogen-bond donors (Lipinski definition) is 1. The first-order chi connectivity index (χ1) is 6.83. The second-order valence-corrected chi connectivity index (χ2v) is 3.78. The van der Waals surface area contributed by atoms with Gasteiger partial charge in [-0.15, -0.1) is 0 Å². The standard InChI is InChI=1S/C13H20O/c1-3-11(4-2)13(10-14)12-8-6-5-7-9-12/h5-9,11,13-14H,3-4,10H2,1-2H3/t13-/m1/s1.